The summed E-state index contributed by atoms with van der Waals surface area (Å²) in [4.78, 5) is 11.2. The molecule has 1 saturated heterocycles. The fourth-order valence-electron chi connectivity index (χ4n) is 3.70. The van der Waals surface area contributed by atoms with Gasteiger partial charge in [0.2, 0.25) is 0 Å². The highest BCUT2D eigenvalue weighted by Crippen LogP contribution is 2.30. The molecule has 116 valence electrons. The number of aromatic nitrogens is 2. The molecule has 3 atom stereocenters. The second-order valence-electron chi connectivity index (χ2n) is 6.46. The first kappa shape index (κ1) is 14.9. The van der Waals surface area contributed by atoms with E-state index < -0.39 is 0 Å². The van der Waals surface area contributed by atoms with Crippen molar-refractivity contribution in [2.45, 2.75) is 57.7 Å². The Morgan fingerprint density at radius 1 is 1.29 bits per heavy atom. The number of hydrogen-bond donors (Lipinski definition) is 2. The van der Waals surface area contributed by atoms with E-state index in [1.165, 1.54) is 25.7 Å². The molecule has 2 N–H and O–H groups in total. The molecule has 1 saturated carbocycles. The molecule has 3 rings (SSSR count). The van der Waals surface area contributed by atoms with Crippen molar-refractivity contribution in [1.29, 1.82) is 0 Å². The highest BCUT2D eigenvalue weighted by molar-refractivity contribution is 5.03. The molecule has 3 unspecified atom stereocenters. The van der Waals surface area contributed by atoms with Crippen molar-refractivity contribution in [2.75, 3.05) is 13.6 Å². The summed E-state index contributed by atoms with van der Waals surface area (Å²) in [5.74, 6) is 1.73. The summed E-state index contributed by atoms with van der Waals surface area (Å²) in [7, 11) is 2.19. The summed E-state index contributed by atoms with van der Waals surface area (Å²) < 4.78 is 0. The van der Waals surface area contributed by atoms with Gasteiger partial charge in [0, 0.05) is 37.8 Å². The minimum Gasteiger partial charge on any atom is -0.299 e. The predicted molar refractivity (Wildman–Crippen MR) is 83.5 cm³/mol. The Kier molecular flexibility index (Phi) is 4.83. The SMILES string of the molecule is CCc1nccc(CN(C)CC2NNC3CCCCC32)n1. The molecular formula is C16H27N5. The minimum absolute atomic E-state index is 0.563. The fourth-order valence-corrected chi connectivity index (χ4v) is 3.70. The smallest absolute Gasteiger partial charge is 0.128 e. The predicted octanol–water partition coefficient (Wildman–Crippen LogP) is 1.51. The first-order valence-corrected chi connectivity index (χ1v) is 8.26. The Hall–Kier alpha value is -1.04. The maximum absolute atomic E-state index is 4.60. The van der Waals surface area contributed by atoms with Gasteiger partial charge in [-0.2, -0.15) is 0 Å². The quantitative estimate of drug-likeness (QED) is 0.860. The van der Waals surface area contributed by atoms with Crippen LogP contribution in [0.1, 0.15) is 44.1 Å². The van der Waals surface area contributed by atoms with Crippen LogP contribution in [0, 0.1) is 5.92 Å². The van der Waals surface area contributed by atoms with Gasteiger partial charge in [0.05, 0.1) is 5.69 Å². The average molecular weight is 289 g/mol. The summed E-state index contributed by atoms with van der Waals surface area (Å²) in [5, 5.41) is 0. The average Bonchev–Trinajstić information content (AvgIpc) is 2.91. The molecule has 0 amide bonds. The van der Waals surface area contributed by atoms with E-state index in [9.17, 15) is 0 Å². The van der Waals surface area contributed by atoms with Gasteiger partial charge in [0.1, 0.15) is 5.82 Å². The summed E-state index contributed by atoms with van der Waals surface area (Å²) in [5.41, 5.74) is 8.13. The Morgan fingerprint density at radius 3 is 3.00 bits per heavy atom. The van der Waals surface area contributed by atoms with Crippen LogP contribution in [0.2, 0.25) is 0 Å². The van der Waals surface area contributed by atoms with Crippen LogP contribution in [0.3, 0.4) is 0 Å². The van der Waals surface area contributed by atoms with E-state index in [2.05, 4.69) is 39.7 Å². The second-order valence-corrected chi connectivity index (χ2v) is 6.46. The maximum Gasteiger partial charge on any atom is 0.128 e. The third-order valence-electron chi connectivity index (χ3n) is 4.81. The van der Waals surface area contributed by atoms with E-state index in [1.54, 1.807) is 0 Å². The van der Waals surface area contributed by atoms with Gasteiger partial charge in [-0.15, -0.1) is 0 Å². The van der Waals surface area contributed by atoms with Crippen LogP contribution in [-0.2, 0) is 13.0 Å². The van der Waals surface area contributed by atoms with Crippen molar-refractivity contribution in [1.82, 2.24) is 25.7 Å². The molecule has 0 radical (unpaired) electrons. The first-order valence-electron chi connectivity index (χ1n) is 8.26. The lowest BCUT2D eigenvalue weighted by Gasteiger charge is -2.29. The van der Waals surface area contributed by atoms with Crippen molar-refractivity contribution in [3.8, 4) is 0 Å². The molecule has 1 aromatic heterocycles. The van der Waals surface area contributed by atoms with Gasteiger partial charge in [-0.25, -0.2) is 9.97 Å². The van der Waals surface area contributed by atoms with E-state index in [0.29, 0.717) is 12.1 Å². The molecular weight excluding hydrogens is 262 g/mol. The third kappa shape index (κ3) is 3.59. The van der Waals surface area contributed by atoms with E-state index in [0.717, 1.165) is 36.9 Å². The zero-order valence-corrected chi connectivity index (χ0v) is 13.2. The number of hydrogen-bond acceptors (Lipinski definition) is 5. The summed E-state index contributed by atoms with van der Waals surface area (Å²) in [6.45, 7) is 4.06. The van der Waals surface area contributed by atoms with Gasteiger partial charge in [-0.05, 0) is 31.9 Å². The van der Waals surface area contributed by atoms with Crippen LogP contribution >= 0.6 is 0 Å². The summed E-state index contributed by atoms with van der Waals surface area (Å²) in [6, 6.07) is 3.27. The van der Waals surface area contributed by atoms with Crippen molar-refractivity contribution in [3.05, 3.63) is 23.8 Å². The molecule has 21 heavy (non-hydrogen) atoms. The van der Waals surface area contributed by atoms with Gasteiger partial charge in [-0.3, -0.25) is 15.8 Å². The highest BCUT2D eigenvalue weighted by atomic mass is 15.4. The Balaban J connectivity index is 1.55. The number of hydrazine groups is 1. The van der Waals surface area contributed by atoms with Crippen LogP contribution in [0.4, 0.5) is 0 Å². The van der Waals surface area contributed by atoms with Gasteiger partial charge in [0.25, 0.3) is 0 Å². The van der Waals surface area contributed by atoms with E-state index in [-0.39, 0.29) is 0 Å². The number of fused-ring (bicyclic) bond motifs is 1. The topological polar surface area (TPSA) is 53.1 Å². The minimum atomic E-state index is 0.563. The molecule has 2 fully saturated rings. The molecule has 5 heteroatoms. The number of likely N-dealkylation sites (N-methyl/N-ethyl adjacent to an activating group) is 1. The van der Waals surface area contributed by atoms with Crippen molar-refractivity contribution >= 4 is 0 Å². The lowest BCUT2D eigenvalue weighted by Crippen LogP contribution is -2.41. The molecule has 2 heterocycles. The second kappa shape index (κ2) is 6.81. The number of aryl methyl sites for hydroxylation is 1. The zero-order valence-electron chi connectivity index (χ0n) is 13.2. The standard InChI is InChI=1S/C16H27N5/c1-3-16-17-9-8-12(18-16)10-21(2)11-15-13-6-4-5-7-14(13)19-20-15/h8-9,13-15,19-20H,3-7,10-11H2,1-2H3. The number of nitrogens with zero attached hydrogens (tertiary/aromatic N) is 3. The molecule has 1 aliphatic heterocycles. The monoisotopic (exact) mass is 289 g/mol. The lowest BCUT2D eigenvalue weighted by atomic mass is 9.81. The third-order valence-corrected chi connectivity index (χ3v) is 4.81. The molecule has 5 nitrogen and oxygen atoms in total. The fraction of sp³-hybridized carbons (Fsp3) is 0.750. The van der Waals surface area contributed by atoms with Crippen LogP contribution in [0.25, 0.3) is 0 Å². The molecule has 1 aliphatic carbocycles. The number of rotatable bonds is 5. The molecule has 0 spiro atoms. The Morgan fingerprint density at radius 2 is 2.14 bits per heavy atom. The van der Waals surface area contributed by atoms with E-state index in [1.807, 2.05) is 12.3 Å². The van der Waals surface area contributed by atoms with E-state index >= 15 is 0 Å². The Labute approximate surface area is 127 Å². The van der Waals surface area contributed by atoms with Crippen LogP contribution in [0.5, 0.6) is 0 Å². The first-order chi connectivity index (χ1) is 10.3. The molecule has 2 aliphatic rings. The van der Waals surface area contributed by atoms with Crippen LogP contribution < -0.4 is 10.9 Å². The molecule has 0 bridgehead atoms. The van der Waals surface area contributed by atoms with Gasteiger partial charge < -0.3 is 0 Å². The zero-order chi connectivity index (χ0) is 14.7. The van der Waals surface area contributed by atoms with Crippen LogP contribution in [-0.4, -0.2) is 40.5 Å². The lowest BCUT2D eigenvalue weighted by molar-refractivity contribution is 0.235. The highest BCUT2D eigenvalue weighted by Gasteiger charge is 2.37. The van der Waals surface area contributed by atoms with Gasteiger partial charge in [-0.1, -0.05) is 19.8 Å². The molecule has 1 aromatic rings. The van der Waals surface area contributed by atoms with Crippen molar-refractivity contribution < 1.29 is 0 Å². The Bertz CT molecular complexity index is 464. The van der Waals surface area contributed by atoms with E-state index in [4.69, 9.17) is 0 Å². The van der Waals surface area contributed by atoms with Crippen molar-refractivity contribution in [2.24, 2.45) is 5.92 Å². The normalized spacial score (nSPS) is 28.8. The number of nitrogens with one attached hydrogen (secondary N) is 2. The maximum atomic E-state index is 4.60. The van der Waals surface area contributed by atoms with Gasteiger partial charge >= 0.3 is 0 Å². The van der Waals surface area contributed by atoms with Crippen molar-refractivity contribution in [3.63, 3.8) is 0 Å². The summed E-state index contributed by atoms with van der Waals surface area (Å²) in [6.07, 6.45) is 8.22. The molecule has 0 aromatic carbocycles. The largest absolute Gasteiger partial charge is 0.299 e. The van der Waals surface area contributed by atoms with Crippen LogP contribution in [0.15, 0.2) is 12.3 Å². The van der Waals surface area contributed by atoms with Gasteiger partial charge in [0.15, 0.2) is 0 Å². The summed E-state index contributed by atoms with van der Waals surface area (Å²) >= 11 is 0.